The lowest BCUT2D eigenvalue weighted by Crippen LogP contribution is -2.17. The van der Waals surface area contributed by atoms with Gasteiger partial charge in [0.05, 0.1) is 12.8 Å². The Bertz CT molecular complexity index is 1150. The van der Waals surface area contributed by atoms with Crippen molar-refractivity contribution in [2.45, 2.75) is 44.4 Å². The van der Waals surface area contributed by atoms with Gasteiger partial charge in [0.2, 0.25) is 0 Å². The third-order valence-electron chi connectivity index (χ3n) is 5.72. The van der Waals surface area contributed by atoms with Gasteiger partial charge in [-0.15, -0.1) is 0 Å². The Balaban J connectivity index is 1.59. The predicted octanol–water partition coefficient (Wildman–Crippen LogP) is 5.07. The standard InChI is InChI=1S/C23H23F2N3O4/c1-23(24,25)20-5-3-4-15(26-20)21(30)27-16-11-19-17(10-18(16)31-2)28-22(32-19)14-8-6-13(12-29)7-9-14/h3-5,10-14H,6-9H2,1-2H3,(H,27,30)/t13-,14-. The Kier molecular flexibility index (Phi) is 5.90. The SMILES string of the molecule is COc1cc2nc([C@H]3CC[C@H](C=O)CC3)oc2cc1NC(=O)c1cccc(C(C)(F)F)n1. The van der Waals surface area contributed by atoms with Crippen LogP contribution in [0.1, 0.15) is 60.6 Å². The summed E-state index contributed by atoms with van der Waals surface area (Å²) in [6.07, 6.45) is 4.26. The molecule has 1 aromatic carbocycles. The normalized spacial score (nSPS) is 19.0. The largest absolute Gasteiger partial charge is 0.494 e. The van der Waals surface area contributed by atoms with E-state index < -0.39 is 17.5 Å². The van der Waals surface area contributed by atoms with Gasteiger partial charge in [-0.05, 0) is 37.8 Å². The number of ether oxygens (including phenoxy) is 1. The van der Waals surface area contributed by atoms with E-state index in [1.807, 2.05) is 0 Å². The summed E-state index contributed by atoms with van der Waals surface area (Å²) >= 11 is 0. The van der Waals surface area contributed by atoms with Gasteiger partial charge in [0.15, 0.2) is 11.5 Å². The summed E-state index contributed by atoms with van der Waals surface area (Å²) in [7, 11) is 1.45. The highest BCUT2D eigenvalue weighted by Gasteiger charge is 2.28. The molecular weight excluding hydrogens is 420 g/mol. The number of nitrogens with one attached hydrogen (secondary N) is 1. The molecule has 32 heavy (non-hydrogen) atoms. The third kappa shape index (κ3) is 4.46. The topological polar surface area (TPSA) is 94.3 Å². The van der Waals surface area contributed by atoms with Crippen molar-refractivity contribution in [1.29, 1.82) is 0 Å². The molecule has 2 heterocycles. The third-order valence-corrected chi connectivity index (χ3v) is 5.72. The van der Waals surface area contributed by atoms with Gasteiger partial charge < -0.3 is 19.3 Å². The van der Waals surface area contributed by atoms with Gasteiger partial charge >= 0.3 is 0 Å². The minimum atomic E-state index is -3.16. The summed E-state index contributed by atoms with van der Waals surface area (Å²) in [5.74, 6) is -2.64. The van der Waals surface area contributed by atoms with Gasteiger partial charge in [-0.3, -0.25) is 4.79 Å². The van der Waals surface area contributed by atoms with Crippen molar-refractivity contribution in [3.05, 3.63) is 47.6 Å². The van der Waals surface area contributed by atoms with E-state index >= 15 is 0 Å². The number of carbonyl (C=O) groups excluding carboxylic acids is 2. The number of pyridine rings is 1. The Labute approximate surface area is 183 Å². The second-order valence-electron chi connectivity index (χ2n) is 8.07. The molecule has 0 bridgehead atoms. The number of halogens is 2. The van der Waals surface area contributed by atoms with Gasteiger partial charge in [-0.1, -0.05) is 6.07 Å². The van der Waals surface area contributed by atoms with Gasteiger partial charge in [-0.2, -0.15) is 8.78 Å². The molecule has 1 amide bonds. The summed E-state index contributed by atoms with van der Waals surface area (Å²) in [6.45, 7) is 0.723. The lowest BCUT2D eigenvalue weighted by Gasteiger charge is -2.22. The number of carbonyl (C=O) groups is 2. The Morgan fingerprint density at radius 3 is 2.62 bits per heavy atom. The number of methoxy groups -OCH3 is 1. The molecule has 1 aliphatic carbocycles. The maximum Gasteiger partial charge on any atom is 0.287 e. The lowest BCUT2D eigenvalue weighted by atomic mass is 9.83. The number of rotatable bonds is 6. The number of amides is 1. The molecule has 3 aromatic rings. The number of aromatic nitrogens is 2. The van der Waals surface area contributed by atoms with E-state index in [2.05, 4.69) is 15.3 Å². The van der Waals surface area contributed by atoms with Crippen LogP contribution in [0.15, 0.2) is 34.7 Å². The molecule has 0 aliphatic heterocycles. The molecule has 0 atom stereocenters. The Hall–Kier alpha value is -3.36. The van der Waals surface area contributed by atoms with E-state index in [1.54, 1.807) is 12.1 Å². The van der Waals surface area contributed by atoms with Crippen LogP contribution in [-0.2, 0) is 10.7 Å². The molecule has 0 radical (unpaired) electrons. The quantitative estimate of drug-likeness (QED) is 0.535. The number of anilines is 1. The first-order valence-corrected chi connectivity index (χ1v) is 10.4. The van der Waals surface area contributed by atoms with Crippen molar-refractivity contribution < 1.29 is 27.5 Å². The number of benzene rings is 1. The minimum absolute atomic E-state index is 0.0947. The van der Waals surface area contributed by atoms with E-state index in [9.17, 15) is 18.4 Å². The van der Waals surface area contributed by atoms with Crippen LogP contribution in [0.3, 0.4) is 0 Å². The maximum absolute atomic E-state index is 13.6. The van der Waals surface area contributed by atoms with Gasteiger partial charge in [0.1, 0.15) is 28.9 Å². The van der Waals surface area contributed by atoms with Crippen molar-refractivity contribution in [3.63, 3.8) is 0 Å². The zero-order chi connectivity index (χ0) is 22.9. The number of nitrogens with zero attached hydrogens (tertiary/aromatic N) is 2. The molecule has 0 saturated heterocycles. The molecular formula is C23H23F2N3O4. The van der Waals surface area contributed by atoms with Crippen LogP contribution in [0.25, 0.3) is 11.1 Å². The summed E-state index contributed by atoms with van der Waals surface area (Å²) in [5.41, 5.74) is 0.731. The number of aldehydes is 1. The van der Waals surface area contributed by atoms with Crippen LogP contribution in [-0.4, -0.2) is 29.3 Å². The number of oxazole rings is 1. The molecule has 1 saturated carbocycles. The number of fused-ring (bicyclic) bond motifs is 1. The first kappa shape index (κ1) is 21.9. The average Bonchev–Trinajstić information content (AvgIpc) is 3.21. The molecule has 2 aromatic heterocycles. The molecule has 7 nitrogen and oxygen atoms in total. The number of alkyl halides is 2. The first-order chi connectivity index (χ1) is 15.3. The van der Waals surface area contributed by atoms with Gasteiger partial charge in [-0.25, -0.2) is 9.97 Å². The highest BCUT2D eigenvalue weighted by Crippen LogP contribution is 2.38. The second-order valence-corrected chi connectivity index (χ2v) is 8.07. The highest BCUT2D eigenvalue weighted by molar-refractivity contribution is 6.04. The van der Waals surface area contributed by atoms with Crippen LogP contribution in [0.2, 0.25) is 0 Å². The number of hydrogen-bond donors (Lipinski definition) is 1. The summed E-state index contributed by atoms with van der Waals surface area (Å²) in [6, 6.07) is 7.13. The lowest BCUT2D eigenvalue weighted by molar-refractivity contribution is -0.112. The maximum atomic E-state index is 13.6. The summed E-state index contributed by atoms with van der Waals surface area (Å²) < 4.78 is 38.5. The fraction of sp³-hybridized carbons (Fsp3) is 0.391. The molecule has 168 valence electrons. The van der Waals surface area contributed by atoms with Crippen molar-refractivity contribution in [3.8, 4) is 5.75 Å². The van der Waals surface area contributed by atoms with E-state index in [1.165, 1.54) is 25.3 Å². The summed E-state index contributed by atoms with van der Waals surface area (Å²) in [5, 5.41) is 2.65. The van der Waals surface area contributed by atoms with E-state index in [0.29, 0.717) is 28.4 Å². The van der Waals surface area contributed by atoms with Crippen molar-refractivity contribution >= 4 is 29.0 Å². The fourth-order valence-electron chi connectivity index (χ4n) is 3.91. The number of hydrogen-bond acceptors (Lipinski definition) is 6. The summed E-state index contributed by atoms with van der Waals surface area (Å²) in [4.78, 5) is 32.0. The molecule has 0 spiro atoms. The average molecular weight is 443 g/mol. The van der Waals surface area contributed by atoms with Gasteiger partial charge in [0.25, 0.3) is 11.8 Å². The monoisotopic (exact) mass is 443 g/mol. The van der Waals surface area contributed by atoms with Crippen LogP contribution in [0.5, 0.6) is 5.75 Å². The van der Waals surface area contributed by atoms with E-state index in [0.717, 1.165) is 38.9 Å². The second kappa shape index (κ2) is 8.64. The minimum Gasteiger partial charge on any atom is -0.494 e. The molecule has 1 fully saturated rings. The van der Waals surface area contributed by atoms with Crippen LogP contribution >= 0.6 is 0 Å². The Morgan fingerprint density at radius 2 is 1.97 bits per heavy atom. The predicted molar refractivity (Wildman–Crippen MR) is 113 cm³/mol. The first-order valence-electron chi connectivity index (χ1n) is 10.4. The van der Waals surface area contributed by atoms with E-state index in [-0.39, 0.29) is 17.5 Å². The van der Waals surface area contributed by atoms with Gasteiger partial charge in [0, 0.05) is 30.9 Å². The zero-order valence-corrected chi connectivity index (χ0v) is 17.7. The van der Waals surface area contributed by atoms with E-state index in [4.69, 9.17) is 9.15 Å². The van der Waals surface area contributed by atoms with Crippen molar-refractivity contribution in [1.82, 2.24) is 9.97 Å². The molecule has 9 heteroatoms. The zero-order valence-electron chi connectivity index (χ0n) is 17.7. The van der Waals surface area contributed by atoms with Crippen LogP contribution in [0.4, 0.5) is 14.5 Å². The molecule has 0 unspecified atom stereocenters. The van der Waals surface area contributed by atoms with Crippen molar-refractivity contribution in [2.24, 2.45) is 5.92 Å². The van der Waals surface area contributed by atoms with Crippen molar-refractivity contribution in [2.75, 3.05) is 12.4 Å². The smallest absolute Gasteiger partial charge is 0.287 e. The molecule has 1 aliphatic rings. The molecule has 1 N–H and O–H groups in total. The fourth-order valence-corrected chi connectivity index (χ4v) is 3.91. The molecule has 4 rings (SSSR count). The Morgan fingerprint density at radius 1 is 1.22 bits per heavy atom. The van der Waals surface area contributed by atoms with Crippen LogP contribution < -0.4 is 10.1 Å². The highest BCUT2D eigenvalue weighted by atomic mass is 19.3. The van der Waals surface area contributed by atoms with Crippen LogP contribution in [0, 0.1) is 5.92 Å².